The highest BCUT2D eigenvalue weighted by atomic mass is 79.9. The molecule has 1 atom stereocenters. The number of hydrogen-bond acceptors (Lipinski definition) is 3. The molecule has 0 fully saturated rings. The summed E-state index contributed by atoms with van der Waals surface area (Å²) in [6.45, 7) is 8.02. The number of hydrogen-bond donors (Lipinski definition) is 2. The maximum Gasteiger partial charge on any atom is 0.106 e. The van der Waals surface area contributed by atoms with Crippen molar-refractivity contribution in [1.29, 1.82) is 0 Å². The Hall–Kier alpha value is -0.610. The molecule has 1 aromatic rings. The fourth-order valence-corrected chi connectivity index (χ4v) is 1.95. The highest BCUT2D eigenvalue weighted by molar-refractivity contribution is 9.10. The molecule has 0 radical (unpaired) electrons. The maximum absolute atomic E-state index is 5.74. The molecule has 1 rings (SSSR count). The summed E-state index contributed by atoms with van der Waals surface area (Å²) in [6, 6.07) is 3.99. The third-order valence-electron chi connectivity index (χ3n) is 2.85. The number of rotatable bonds is 5. The first-order chi connectivity index (χ1) is 7.54. The number of aromatic nitrogens is 1. The lowest BCUT2D eigenvalue weighted by atomic mass is 9.96. The summed E-state index contributed by atoms with van der Waals surface area (Å²) in [5.41, 5.74) is 7.83. The number of halogens is 1. The van der Waals surface area contributed by atoms with Gasteiger partial charge in [0.25, 0.3) is 0 Å². The third kappa shape index (κ3) is 3.76. The van der Waals surface area contributed by atoms with Crippen molar-refractivity contribution in [2.75, 3.05) is 18.4 Å². The minimum Gasteiger partial charge on any atom is -0.383 e. The number of nitrogens with two attached hydrogens (primary N) is 1. The standard InChI is InChI=1S/C12H20BrN3/c1-8(2)10(6-14)7-15-11-4-5-12(13)16-9(11)3/h4-5,8,10,15H,6-7,14H2,1-3H3. The van der Waals surface area contributed by atoms with E-state index in [9.17, 15) is 0 Å². The van der Waals surface area contributed by atoms with E-state index in [1.54, 1.807) is 0 Å². The molecule has 0 aromatic carbocycles. The summed E-state index contributed by atoms with van der Waals surface area (Å²) >= 11 is 3.35. The van der Waals surface area contributed by atoms with E-state index in [1.165, 1.54) is 0 Å². The van der Waals surface area contributed by atoms with Crippen LogP contribution in [-0.4, -0.2) is 18.1 Å². The Labute approximate surface area is 106 Å². The van der Waals surface area contributed by atoms with Crippen molar-refractivity contribution >= 4 is 21.6 Å². The van der Waals surface area contributed by atoms with Crippen LogP contribution in [-0.2, 0) is 0 Å². The average Bonchev–Trinajstić information content (AvgIpc) is 2.21. The molecular weight excluding hydrogens is 266 g/mol. The van der Waals surface area contributed by atoms with Crippen LogP contribution in [0.25, 0.3) is 0 Å². The second-order valence-corrected chi connectivity index (χ2v) is 5.20. The molecule has 0 saturated heterocycles. The molecule has 0 bridgehead atoms. The van der Waals surface area contributed by atoms with Gasteiger partial charge in [-0.25, -0.2) is 4.98 Å². The first-order valence-electron chi connectivity index (χ1n) is 5.61. The van der Waals surface area contributed by atoms with Gasteiger partial charge in [-0.15, -0.1) is 0 Å². The number of nitrogens with one attached hydrogen (secondary N) is 1. The fraction of sp³-hybridized carbons (Fsp3) is 0.583. The summed E-state index contributed by atoms with van der Waals surface area (Å²) in [4.78, 5) is 4.35. The SMILES string of the molecule is Cc1nc(Br)ccc1NCC(CN)C(C)C. The highest BCUT2D eigenvalue weighted by Gasteiger charge is 2.11. The van der Waals surface area contributed by atoms with E-state index in [0.29, 0.717) is 18.4 Å². The Balaban J connectivity index is 2.60. The van der Waals surface area contributed by atoms with E-state index in [0.717, 1.165) is 22.5 Å². The Morgan fingerprint density at radius 1 is 1.44 bits per heavy atom. The molecule has 3 N–H and O–H groups in total. The minimum atomic E-state index is 0.503. The predicted octanol–water partition coefficient (Wildman–Crippen LogP) is 2.80. The predicted molar refractivity (Wildman–Crippen MR) is 72.5 cm³/mol. The van der Waals surface area contributed by atoms with Gasteiger partial charge in [-0.3, -0.25) is 0 Å². The van der Waals surface area contributed by atoms with Gasteiger partial charge in [0.15, 0.2) is 0 Å². The van der Waals surface area contributed by atoms with Gasteiger partial charge in [-0.05, 0) is 53.4 Å². The normalized spacial score (nSPS) is 12.9. The fourth-order valence-electron chi connectivity index (χ4n) is 1.55. The van der Waals surface area contributed by atoms with Crippen LogP contribution < -0.4 is 11.1 Å². The van der Waals surface area contributed by atoms with Crippen LogP contribution in [0.1, 0.15) is 19.5 Å². The van der Waals surface area contributed by atoms with Crippen LogP contribution in [0.4, 0.5) is 5.69 Å². The van der Waals surface area contributed by atoms with E-state index in [1.807, 2.05) is 19.1 Å². The van der Waals surface area contributed by atoms with Gasteiger partial charge in [0.1, 0.15) is 4.60 Å². The first kappa shape index (κ1) is 13.5. The van der Waals surface area contributed by atoms with E-state index < -0.39 is 0 Å². The molecule has 0 aliphatic heterocycles. The third-order valence-corrected chi connectivity index (χ3v) is 3.29. The molecule has 4 heteroatoms. The molecule has 90 valence electrons. The van der Waals surface area contributed by atoms with Crippen LogP contribution in [0.3, 0.4) is 0 Å². The molecule has 0 aliphatic rings. The van der Waals surface area contributed by atoms with Gasteiger partial charge < -0.3 is 11.1 Å². The molecule has 0 saturated carbocycles. The lowest BCUT2D eigenvalue weighted by molar-refractivity contribution is 0.413. The molecular formula is C12H20BrN3. The first-order valence-corrected chi connectivity index (χ1v) is 6.41. The summed E-state index contributed by atoms with van der Waals surface area (Å²) in [7, 11) is 0. The lowest BCUT2D eigenvalue weighted by Gasteiger charge is -2.20. The van der Waals surface area contributed by atoms with Crippen molar-refractivity contribution < 1.29 is 0 Å². The van der Waals surface area contributed by atoms with Crippen LogP contribution in [0.2, 0.25) is 0 Å². The Morgan fingerprint density at radius 3 is 2.62 bits per heavy atom. The number of aryl methyl sites for hydroxylation is 1. The van der Waals surface area contributed by atoms with E-state index >= 15 is 0 Å². The van der Waals surface area contributed by atoms with Crippen molar-refractivity contribution in [1.82, 2.24) is 4.98 Å². The molecule has 0 aliphatic carbocycles. The summed E-state index contributed by atoms with van der Waals surface area (Å²) in [5, 5.41) is 3.41. The molecule has 0 spiro atoms. The van der Waals surface area contributed by atoms with E-state index in [4.69, 9.17) is 5.73 Å². The van der Waals surface area contributed by atoms with Gasteiger partial charge in [0.2, 0.25) is 0 Å². The zero-order valence-corrected chi connectivity index (χ0v) is 11.7. The number of pyridine rings is 1. The summed E-state index contributed by atoms with van der Waals surface area (Å²) in [5.74, 6) is 1.10. The highest BCUT2D eigenvalue weighted by Crippen LogP contribution is 2.17. The molecule has 16 heavy (non-hydrogen) atoms. The van der Waals surface area contributed by atoms with Crippen LogP contribution in [0, 0.1) is 18.8 Å². The molecule has 1 unspecified atom stereocenters. The second-order valence-electron chi connectivity index (χ2n) is 4.39. The van der Waals surface area contributed by atoms with E-state index in [-0.39, 0.29) is 0 Å². The molecule has 0 amide bonds. The second kappa shape index (κ2) is 6.21. The van der Waals surface area contributed by atoms with Crippen molar-refractivity contribution in [2.45, 2.75) is 20.8 Å². The van der Waals surface area contributed by atoms with Gasteiger partial charge in [-0.2, -0.15) is 0 Å². The zero-order chi connectivity index (χ0) is 12.1. The van der Waals surface area contributed by atoms with Crippen molar-refractivity contribution in [3.8, 4) is 0 Å². The number of anilines is 1. The summed E-state index contributed by atoms with van der Waals surface area (Å²) in [6.07, 6.45) is 0. The molecule has 1 heterocycles. The lowest BCUT2D eigenvalue weighted by Crippen LogP contribution is -2.27. The minimum absolute atomic E-state index is 0.503. The Bertz CT molecular complexity index is 339. The summed E-state index contributed by atoms with van der Waals surface area (Å²) < 4.78 is 0.870. The van der Waals surface area contributed by atoms with Gasteiger partial charge >= 0.3 is 0 Å². The van der Waals surface area contributed by atoms with Crippen molar-refractivity contribution in [3.05, 3.63) is 22.4 Å². The van der Waals surface area contributed by atoms with Crippen LogP contribution >= 0.6 is 15.9 Å². The van der Waals surface area contributed by atoms with Crippen LogP contribution in [0.15, 0.2) is 16.7 Å². The monoisotopic (exact) mass is 285 g/mol. The van der Waals surface area contributed by atoms with Crippen LogP contribution in [0.5, 0.6) is 0 Å². The Kier molecular flexibility index (Phi) is 5.22. The largest absolute Gasteiger partial charge is 0.383 e. The van der Waals surface area contributed by atoms with Crippen molar-refractivity contribution in [2.24, 2.45) is 17.6 Å². The van der Waals surface area contributed by atoms with Gasteiger partial charge in [0.05, 0.1) is 11.4 Å². The van der Waals surface area contributed by atoms with Gasteiger partial charge in [-0.1, -0.05) is 13.8 Å². The molecule has 3 nitrogen and oxygen atoms in total. The zero-order valence-electron chi connectivity index (χ0n) is 10.1. The topological polar surface area (TPSA) is 50.9 Å². The smallest absolute Gasteiger partial charge is 0.106 e. The maximum atomic E-state index is 5.74. The molecule has 1 aromatic heterocycles. The quantitative estimate of drug-likeness (QED) is 0.818. The van der Waals surface area contributed by atoms with Crippen molar-refractivity contribution in [3.63, 3.8) is 0 Å². The number of nitrogens with zero attached hydrogens (tertiary/aromatic N) is 1. The Morgan fingerprint density at radius 2 is 2.12 bits per heavy atom. The average molecular weight is 286 g/mol. The van der Waals surface area contributed by atoms with E-state index in [2.05, 4.69) is 40.1 Å². The van der Waals surface area contributed by atoms with Gasteiger partial charge in [0, 0.05) is 6.54 Å².